The summed E-state index contributed by atoms with van der Waals surface area (Å²) in [6, 6.07) is 1.26. The Morgan fingerprint density at radius 1 is 0.850 bits per heavy atom. The lowest BCUT2D eigenvalue weighted by atomic mass is 10.1. The molecule has 7 heteroatoms. The molecule has 1 rings (SSSR count). The second-order valence-corrected chi connectivity index (χ2v) is 4.30. The molecule has 114 valence electrons. The van der Waals surface area contributed by atoms with Gasteiger partial charge >= 0.3 is 12.4 Å². The second kappa shape index (κ2) is 5.93. The second-order valence-electron chi connectivity index (χ2n) is 4.30. The van der Waals surface area contributed by atoms with Crippen molar-refractivity contribution in [1.82, 2.24) is 0 Å². The van der Waals surface area contributed by atoms with Gasteiger partial charge in [-0.3, -0.25) is 0 Å². The van der Waals surface area contributed by atoms with E-state index >= 15 is 0 Å². The monoisotopic (exact) mass is 300 g/mol. The molecule has 0 atom stereocenters. The molecule has 0 N–H and O–H groups in total. The number of hydrogen-bond donors (Lipinski definition) is 0. The molecule has 0 saturated heterocycles. The number of alkyl halides is 6. The standard InChI is InChI=1S/C13H14F6O/c1-3-10(4-2)20-11-6-8(12(14,15)16)5-9(7-11)13(17,18)19/h5-7,10H,3-4H2,1-2H3. The van der Waals surface area contributed by atoms with Gasteiger partial charge in [0.1, 0.15) is 5.75 Å². The van der Waals surface area contributed by atoms with Crippen molar-refractivity contribution in [1.29, 1.82) is 0 Å². The number of rotatable bonds is 4. The lowest BCUT2D eigenvalue weighted by Crippen LogP contribution is -2.16. The van der Waals surface area contributed by atoms with Crippen LogP contribution in [0.5, 0.6) is 5.75 Å². The molecule has 0 fully saturated rings. The highest BCUT2D eigenvalue weighted by atomic mass is 19.4. The fraction of sp³-hybridized carbons (Fsp3) is 0.538. The number of ether oxygens (including phenoxy) is 1. The summed E-state index contributed by atoms with van der Waals surface area (Å²) in [4.78, 5) is 0. The van der Waals surface area contributed by atoms with E-state index in [9.17, 15) is 26.3 Å². The Labute approximate surface area is 112 Å². The summed E-state index contributed by atoms with van der Waals surface area (Å²) in [5.41, 5.74) is -2.73. The maximum atomic E-state index is 12.6. The number of hydrogen-bond acceptors (Lipinski definition) is 1. The van der Waals surface area contributed by atoms with Crippen LogP contribution in [0.25, 0.3) is 0 Å². The average molecular weight is 300 g/mol. The maximum Gasteiger partial charge on any atom is 0.416 e. The molecule has 1 aromatic rings. The van der Waals surface area contributed by atoms with Gasteiger partial charge in [0.2, 0.25) is 0 Å². The van der Waals surface area contributed by atoms with Crippen LogP contribution in [0.3, 0.4) is 0 Å². The van der Waals surface area contributed by atoms with Gasteiger partial charge in [0.25, 0.3) is 0 Å². The van der Waals surface area contributed by atoms with Gasteiger partial charge in [-0.15, -0.1) is 0 Å². The van der Waals surface area contributed by atoms with E-state index in [1.807, 2.05) is 0 Å². The average Bonchev–Trinajstić information content (AvgIpc) is 2.33. The van der Waals surface area contributed by atoms with Gasteiger partial charge in [-0.1, -0.05) is 13.8 Å². The predicted molar refractivity (Wildman–Crippen MR) is 61.4 cm³/mol. The Morgan fingerprint density at radius 3 is 1.55 bits per heavy atom. The molecule has 0 bridgehead atoms. The van der Waals surface area contributed by atoms with Gasteiger partial charge in [0.05, 0.1) is 17.2 Å². The van der Waals surface area contributed by atoms with E-state index in [0.717, 1.165) is 0 Å². The number of benzene rings is 1. The maximum absolute atomic E-state index is 12.6. The fourth-order valence-corrected chi connectivity index (χ4v) is 1.64. The summed E-state index contributed by atoms with van der Waals surface area (Å²) in [6.07, 6.45) is -9.14. The summed E-state index contributed by atoms with van der Waals surface area (Å²) in [5, 5.41) is 0. The van der Waals surface area contributed by atoms with E-state index in [1.54, 1.807) is 13.8 Å². The Balaban J connectivity index is 3.24. The molecule has 0 unspecified atom stereocenters. The molecular weight excluding hydrogens is 286 g/mol. The zero-order valence-electron chi connectivity index (χ0n) is 10.9. The normalized spacial score (nSPS) is 12.8. The van der Waals surface area contributed by atoms with Crippen LogP contribution in [0.1, 0.15) is 37.8 Å². The molecule has 0 heterocycles. The molecule has 0 aliphatic carbocycles. The first-order valence-corrected chi connectivity index (χ1v) is 6.04. The SMILES string of the molecule is CCC(CC)Oc1cc(C(F)(F)F)cc(C(F)(F)F)c1. The summed E-state index contributed by atoms with van der Waals surface area (Å²) in [5.74, 6) is -0.416. The van der Waals surface area contributed by atoms with Crippen LogP contribution < -0.4 is 4.74 Å². The molecule has 1 nitrogen and oxygen atoms in total. The van der Waals surface area contributed by atoms with Crippen molar-refractivity contribution in [2.45, 2.75) is 45.1 Å². The van der Waals surface area contributed by atoms with E-state index in [4.69, 9.17) is 4.74 Å². The highest BCUT2D eigenvalue weighted by molar-refractivity contribution is 5.37. The first-order chi connectivity index (χ1) is 9.07. The van der Waals surface area contributed by atoms with Crippen molar-refractivity contribution in [2.24, 2.45) is 0 Å². The van der Waals surface area contributed by atoms with E-state index in [-0.39, 0.29) is 6.07 Å². The van der Waals surface area contributed by atoms with Gasteiger partial charge in [0.15, 0.2) is 0 Å². The van der Waals surface area contributed by atoms with E-state index in [2.05, 4.69) is 0 Å². The molecule has 20 heavy (non-hydrogen) atoms. The Kier molecular flexibility index (Phi) is 4.94. The Morgan fingerprint density at radius 2 is 1.25 bits per heavy atom. The largest absolute Gasteiger partial charge is 0.490 e. The molecule has 0 aromatic heterocycles. The van der Waals surface area contributed by atoms with E-state index in [1.165, 1.54) is 0 Å². The fourth-order valence-electron chi connectivity index (χ4n) is 1.64. The summed E-state index contributed by atoms with van der Waals surface area (Å²) >= 11 is 0. The van der Waals surface area contributed by atoms with Gasteiger partial charge in [-0.2, -0.15) is 26.3 Å². The lowest BCUT2D eigenvalue weighted by molar-refractivity contribution is -0.143. The van der Waals surface area contributed by atoms with Crippen molar-refractivity contribution in [2.75, 3.05) is 0 Å². The van der Waals surface area contributed by atoms with Crippen LogP contribution in [0, 0.1) is 0 Å². The topological polar surface area (TPSA) is 9.23 Å². The van der Waals surface area contributed by atoms with Crippen LogP contribution in [0.2, 0.25) is 0 Å². The van der Waals surface area contributed by atoms with Crippen LogP contribution in [-0.2, 0) is 12.4 Å². The Bertz CT molecular complexity index is 413. The Hall–Kier alpha value is -1.40. The third-order valence-electron chi connectivity index (χ3n) is 2.77. The van der Waals surface area contributed by atoms with Crippen molar-refractivity contribution in [3.63, 3.8) is 0 Å². The summed E-state index contributed by atoms with van der Waals surface area (Å²) in [7, 11) is 0. The first-order valence-electron chi connectivity index (χ1n) is 6.04. The minimum absolute atomic E-state index is 0.0831. The highest BCUT2D eigenvalue weighted by Gasteiger charge is 2.37. The van der Waals surface area contributed by atoms with E-state index < -0.39 is 35.3 Å². The zero-order chi connectivity index (χ0) is 15.6. The van der Waals surface area contributed by atoms with Gasteiger partial charge in [0, 0.05) is 0 Å². The molecule has 0 spiro atoms. The molecule has 0 saturated carbocycles. The minimum atomic E-state index is -4.85. The van der Waals surface area contributed by atoms with Crippen LogP contribution in [0.15, 0.2) is 18.2 Å². The first kappa shape index (κ1) is 16.7. The van der Waals surface area contributed by atoms with Crippen LogP contribution >= 0.6 is 0 Å². The molecule has 0 radical (unpaired) electrons. The van der Waals surface area contributed by atoms with Crippen molar-refractivity contribution < 1.29 is 31.1 Å². The third-order valence-corrected chi connectivity index (χ3v) is 2.77. The quantitative estimate of drug-likeness (QED) is 0.686. The number of halogens is 6. The van der Waals surface area contributed by atoms with Crippen molar-refractivity contribution in [3.8, 4) is 5.75 Å². The molecule has 0 aliphatic heterocycles. The zero-order valence-corrected chi connectivity index (χ0v) is 10.9. The highest BCUT2D eigenvalue weighted by Crippen LogP contribution is 2.38. The van der Waals surface area contributed by atoms with Crippen LogP contribution in [-0.4, -0.2) is 6.10 Å². The van der Waals surface area contributed by atoms with Crippen LogP contribution in [0.4, 0.5) is 26.3 Å². The molecule has 1 aromatic carbocycles. The predicted octanol–water partition coefficient (Wildman–Crippen LogP) is 5.29. The van der Waals surface area contributed by atoms with Gasteiger partial charge < -0.3 is 4.74 Å². The minimum Gasteiger partial charge on any atom is -0.490 e. The summed E-state index contributed by atoms with van der Waals surface area (Å²) in [6.45, 7) is 3.49. The molecular formula is C13H14F6O. The molecule has 0 aliphatic rings. The smallest absolute Gasteiger partial charge is 0.416 e. The van der Waals surface area contributed by atoms with Gasteiger partial charge in [-0.25, -0.2) is 0 Å². The van der Waals surface area contributed by atoms with E-state index in [0.29, 0.717) is 25.0 Å². The third kappa shape index (κ3) is 4.31. The van der Waals surface area contributed by atoms with Crippen molar-refractivity contribution in [3.05, 3.63) is 29.3 Å². The summed E-state index contributed by atoms with van der Waals surface area (Å²) < 4.78 is 80.9. The lowest BCUT2D eigenvalue weighted by Gasteiger charge is -2.19. The van der Waals surface area contributed by atoms with Gasteiger partial charge in [-0.05, 0) is 31.0 Å². The van der Waals surface area contributed by atoms with Crippen molar-refractivity contribution >= 4 is 0 Å². The molecule has 0 amide bonds.